The Kier molecular flexibility index (Phi) is 7.69. The summed E-state index contributed by atoms with van der Waals surface area (Å²) in [5, 5.41) is 11.6. The van der Waals surface area contributed by atoms with E-state index in [0.717, 1.165) is 6.42 Å². The van der Waals surface area contributed by atoms with Gasteiger partial charge in [-0.05, 0) is 25.5 Å². The second-order valence-corrected chi connectivity index (χ2v) is 4.19. The van der Waals surface area contributed by atoms with Gasteiger partial charge in [0.25, 0.3) is 5.91 Å². The fraction of sp³-hybridized carbons (Fsp3) is 0.467. The summed E-state index contributed by atoms with van der Waals surface area (Å²) in [6.07, 6.45) is 0.753. The zero-order chi connectivity index (χ0) is 15.5. The Morgan fingerprint density at radius 2 is 2.14 bits per heavy atom. The van der Waals surface area contributed by atoms with Gasteiger partial charge in [0.15, 0.2) is 18.1 Å². The highest BCUT2D eigenvalue weighted by Crippen LogP contribution is 2.28. The highest BCUT2D eigenvalue weighted by molar-refractivity contribution is 5.77. The summed E-state index contributed by atoms with van der Waals surface area (Å²) in [5.74, 6) is 0.699. The molecule has 0 bridgehead atoms. The van der Waals surface area contributed by atoms with Gasteiger partial charge in [0.2, 0.25) is 0 Å². The molecule has 0 aliphatic rings. The summed E-state index contributed by atoms with van der Waals surface area (Å²) >= 11 is 0. The first-order chi connectivity index (χ1) is 10.2. The third-order valence-electron chi connectivity index (χ3n) is 2.58. The fourth-order valence-corrected chi connectivity index (χ4v) is 1.60. The Labute approximate surface area is 124 Å². The largest absolute Gasteiger partial charge is 0.490 e. The molecule has 0 fully saturated rings. The standard InChI is InChI=1S/C15H20N2O4/c1-3-20-14-9-12(10-16)5-6-13(14)21-11-15(18)17-7-4-8-19-2/h5-6,9H,3-4,7-8,11H2,1-2H3,(H,17,18). The second-order valence-electron chi connectivity index (χ2n) is 4.19. The van der Waals surface area contributed by atoms with E-state index in [9.17, 15) is 4.79 Å². The number of rotatable bonds is 9. The maximum Gasteiger partial charge on any atom is 0.257 e. The molecule has 6 nitrogen and oxygen atoms in total. The van der Waals surface area contributed by atoms with Crippen LogP contribution >= 0.6 is 0 Å². The van der Waals surface area contributed by atoms with Crippen LogP contribution in [0.15, 0.2) is 18.2 Å². The molecule has 0 heterocycles. The molecule has 0 aliphatic heterocycles. The molecule has 1 rings (SSSR count). The average molecular weight is 292 g/mol. The van der Waals surface area contributed by atoms with Crippen LogP contribution in [0.4, 0.5) is 0 Å². The minimum Gasteiger partial charge on any atom is -0.490 e. The summed E-state index contributed by atoms with van der Waals surface area (Å²) in [6.45, 7) is 3.34. The summed E-state index contributed by atoms with van der Waals surface area (Å²) in [7, 11) is 1.62. The lowest BCUT2D eigenvalue weighted by molar-refractivity contribution is -0.123. The van der Waals surface area contributed by atoms with Crippen LogP contribution in [0.25, 0.3) is 0 Å². The van der Waals surface area contributed by atoms with Crippen molar-refractivity contribution in [3.05, 3.63) is 23.8 Å². The van der Waals surface area contributed by atoms with Crippen molar-refractivity contribution in [3.63, 3.8) is 0 Å². The van der Waals surface area contributed by atoms with Gasteiger partial charge in [0.05, 0.1) is 18.2 Å². The van der Waals surface area contributed by atoms with E-state index in [1.807, 2.05) is 13.0 Å². The number of ether oxygens (including phenoxy) is 3. The number of benzene rings is 1. The van der Waals surface area contributed by atoms with Crippen molar-refractivity contribution >= 4 is 5.91 Å². The van der Waals surface area contributed by atoms with E-state index < -0.39 is 0 Å². The van der Waals surface area contributed by atoms with Crippen LogP contribution in [0, 0.1) is 11.3 Å². The van der Waals surface area contributed by atoms with Crippen molar-refractivity contribution in [2.75, 3.05) is 33.5 Å². The number of hydrogen-bond acceptors (Lipinski definition) is 5. The quantitative estimate of drug-likeness (QED) is 0.697. The normalized spacial score (nSPS) is 9.76. The Hall–Kier alpha value is -2.26. The second kappa shape index (κ2) is 9.61. The van der Waals surface area contributed by atoms with Gasteiger partial charge in [-0.25, -0.2) is 0 Å². The molecule has 0 spiro atoms. The monoisotopic (exact) mass is 292 g/mol. The van der Waals surface area contributed by atoms with Gasteiger partial charge in [-0.15, -0.1) is 0 Å². The Bertz CT molecular complexity index is 497. The Morgan fingerprint density at radius 1 is 1.33 bits per heavy atom. The first kappa shape index (κ1) is 16.8. The molecular formula is C15H20N2O4. The number of nitrogens with one attached hydrogen (secondary N) is 1. The van der Waals surface area contributed by atoms with E-state index >= 15 is 0 Å². The van der Waals surface area contributed by atoms with Crippen LogP contribution in [0.3, 0.4) is 0 Å². The molecule has 0 aromatic heterocycles. The smallest absolute Gasteiger partial charge is 0.257 e. The van der Waals surface area contributed by atoms with E-state index in [1.54, 1.807) is 25.3 Å². The maximum atomic E-state index is 11.6. The third kappa shape index (κ3) is 6.15. The molecule has 21 heavy (non-hydrogen) atoms. The topological polar surface area (TPSA) is 80.6 Å². The van der Waals surface area contributed by atoms with Gasteiger partial charge in [0.1, 0.15) is 0 Å². The van der Waals surface area contributed by atoms with Crippen LogP contribution in [0.2, 0.25) is 0 Å². The first-order valence-corrected chi connectivity index (χ1v) is 6.76. The molecule has 0 atom stereocenters. The molecule has 0 aliphatic carbocycles. The number of amides is 1. The number of nitrogens with zero attached hydrogens (tertiary/aromatic N) is 1. The number of carbonyl (C=O) groups is 1. The van der Waals surface area contributed by atoms with Crippen molar-refractivity contribution < 1.29 is 19.0 Å². The molecule has 114 valence electrons. The summed E-state index contributed by atoms with van der Waals surface area (Å²) in [6, 6.07) is 6.87. The maximum absolute atomic E-state index is 11.6. The van der Waals surface area contributed by atoms with Crippen LogP contribution in [0.5, 0.6) is 11.5 Å². The molecular weight excluding hydrogens is 272 g/mol. The van der Waals surface area contributed by atoms with Crippen LogP contribution < -0.4 is 14.8 Å². The van der Waals surface area contributed by atoms with E-state index in [2.05, 4.69) is 5.32 Å². The lowest BCUT2D eigenvalue weighted by Gasteiger charge is -2.12. The van der Waals surface area contributed by atoms with E-state index in [-0.39, 0.29) is 12.5 Å². The van der Waals surface area contributed by atoms with Gasteiger partial charge in [-0.2, -0.15) is 5.26 Å². The molecule has 0 saturated carbocycles. The Balaban J connectivity index is 2.50. The summed E-state index contributed by atoms with van der Waals surface area (Å²) in [5.41, 5.74) is 0.481. The van der Waals surface area contributed by atoms with Crippen LogP contribution in [-0.4, -0.2) is 39.4 Å². The number of hydrogen-bond donors (Lipinski definition) is 1. The average Bonchev–Trinajstić information content (AvgIpc) is 2.50. The van der Waals surface area contributed by atoms with Gasteiger partial charge in [-0.3, -0.25) is 4.79 Å². The first-order valence-electron chi connectivity index (χ1n) is 6.76. The predicted molar refractivity (Wildman–Crippen MR) is 77.3 cm³/mol. The predicted octanol–water partition coefficient (Wildman–Crippen LogP) is 1.49. The Morgan fingerprint density at radius 3 is 2.81 bits per heavy atom. The van der Waals surface area contributed by atoms with Crippen LogP contribution in [-0.2, 0) is 9.53 Å². The minimum absolute atomic E-state index is 0.0983. The molecule has 0 saturated heterocycles. The highest BCUT2D eigenvalue weighted by Gasteiger charge is 2.09. The number of methoxy groups -OCH3 is 1. The zero-order valence-electron chi connectivity index (χ0n) is 12.3. The van der Waals surface area contributed by atoms with Crippen molar-refractivity contribution in [1.29, 1.82) is 5.26 Å². The lowest BCUT2D eigenvalue weighted by atomic mass is 10.2. The lowest BCUT2D eigenvalue weighted by Crippen LogP contribution is -2.30. The van der Waals surface area contributed by atoms with E-state index in [1.165, 1.54) is 0 Å². The van der Waals surface area contributed by atoms with Crippen molar-refractivity contribution in [3.8, 4) is 17.6 Å². The minimum atomic E-state index is -0.210. The molecule has 1 aromatic rings. The number of nitriles is 1. The van der Waals surface area contributed by atoms with Gasteiger partial charge in [-0.1, -0.05) is 0 Å². The fourth-order valence-electron chi connectivity index (χ4n) is 1.60. The molecule has 0 unspecified atom stereocenters. The van der Waals surface area contributed by atoms with Crippen molar-refractivity contribution in [2.45, 2.75) is 13.3 Å². The summed E-state index contributed by atoms with van der Waals surface area (Å²) in [4.78, 5) is 11.6. The summed E-state index contributed by atoms with van der Waals surface area (Å²) < 4.78 is 15.7. The van der Waals surface area contributed by atoms with Gasteiger partial charge < -0.3 is 19.5 Å². The zero-order valence-corrected chi connectivity index (χ0v) is 12.3. The third-order valence-corrected chi connectivity index (χ3v) is 2.58. The van der Waals surface area contributed by atoms with Crippen LogP contribution in [0.1, 0.15) is 18.9 Å². The SMILES string of the molecule is CCOc1cc(C#N)ccc1OCC(=O)NCCCOC. The molecule has 0 radical (unpaired) electrons. The number of carbonyl (C=O) groups excluding carboxylic acids is 1. The van der Waals surface area contributed by atoms with Crippen molar-refractivity contribution in [2.24, 2.45) is 0 Å². The molecule has 1 N–H and O–H groups in total. The van der Waals surface area contributed by atoms with Gasteiger partial charge in [0, 0.05) is 26.3 Å². The van der Waals surface area contributed by atoms with Crippen molar-refractivity contribution in [1.82, 2.24) is 5.32 Å². The highest BCUT2D eigenvalue weighted by atomic mass is 16.5. The van der Waals surface area contributed by atoms with E-state index in [4.69, 9.17) is 19.5 Å². The molecule has 6 heteroatoms. The van der Waals surface area contributed by atoms with Gasteiger partial charge >= 0.3 is 0 Å². The molecule has 1 aromatic carbocycles. The molecule has 1 amide bonds. The van der Waals surface area contributed by atoms with E-state index in [0.29, 0.717) is 36.8 Å².